The molecule has 0 rings (SSSR count). The Bertz CT molecular complexity index is 222. The molecule has 1 atom stereocenters. The molecule has 15 heavy (non-hydrogen) atoms. The molecule has 0 aromatic heterocycles. The van der Waals surface area contributed by atoms with Crippen LogP contribution < -0.4 is 16.8 Å². The van der Waals surface area contributed by atoms with Crippen LogP contribution in [0.3, 0.4) is 0 Å². The summed E-state index contributed by atoms with van der Waals surface area (Å²) in [6.07, 6.45) is 3.37. The SMILES string of the molecule is CC(C)CCCC(C)N=C(N)NC(=N)N. The van der Waals surface area contributed by atoms with Gasteiger partial charge in [0, 0.05) is 0 Å². The van der Waals surface area contributed by atoms with E-state index < -0.39 is 0 Å². The van der Waals surface area contributed by atoms with E-state index >= 15 is 0 Å². The summed E-state index contributed by atoms with van der Waals surface area (Å²) in [5.74, 6) is 0.777. The molecule has 6 N–H and O–H groups in total. The Labute approximate surface area is 91.8 Å². The molecule has 0 aromatic carbocycles. The van der Waals surface area contributed by atoms with Crippen molar-refractivity contribution in [2.24, 2.45) is 22.4 Å². The molecule has 0 saturated carbocycles. The van der Waals surface area contributed by atoms with Gasteiger partial charge in [0.05, 0.1) is 6.04 Å². The maximum absolute atomic E-state index is 6.97. The van der Waals surface area contributed by atoms with E-state index in [1.807, 2.05) is 6.92 Å². The second kappa shape index (κ2) is 7.09. The van der Waals surface area contributed by atoms with Gasteiger partial charge in [-0.3, -0.25) is 15.7 Å². The summed E-state index contributed by atoms with van der Waals surface area (Å²) in [4.78, 5) is 4.18. The van der Waals surface area contributed by atoms with Crippen molar-refractivity contribution in [1.29, 1.82) is 5.41 Å². The summed E-state index contributed by atoms with van der Waals surface area (Å²) >= 11 is 0. The van der Waals surface area contributed by atoms with Crippen molar-refractivity contribution in [1.82, 2.24) is 5.32 Å². The smallest absolute Gasteiger partial charge is 0.195 e. The van der Waals surface area contributed by atoms with Crippen molar-refractivity contribution in [2.45, 2.75) is 46.1 Å². The van der Waals surface area contributed by atoms with Crippen LogP contribution >= 0.6 is 0 Å². The fourth-order valence-electron chi connectivity index (χ4n) is 1.29. The summed E-state index contributed by atoms with van der Waals surface area (Å²) in [7, 11) is 0. The molecule has 5 heteroatoms. The maximum atomic E-state index is 6.97. The van der Waals surface area contributed by atoms with Crippen LogP contribution in [0.15, 0.2) is 4.99 Å². The standard InChI is InChI=1S/C10H23N5/c1-7(2)5-4-6-8(3)14-10(13)15-9(11)12/h7-8H,4-6H2,1-3H3,(H6,11,12,13,14,15). The van der Waals surface area contributed by atoms with E-state index in [1.54, 1.807) is 0 Å². The topological polar surface area (TPSA) is 100 Å². The quantitative estimate of drug-likeness (QED) is 0.405. The van der Waals surface area contributed by atoms with Gasteiger partial charge in [0.15, 0.2) is 11.9 Å². The molecule has 0 bridgehead atoms. The third-order valence-electron chi connectivity index (χ3n) is 2.03. The average molecular weight is 213 g/mol. The van der Waals surface area contributed by atoms with E-state index in [0.717, 1.165) is 18.8 Å². The summed E-state index contributed by atoms with van der Waals surface area (Å²) in [6.45, 7) is 6.42. The molecule has 0 fully saturated rings. The van der Waals surface area contributed by atoms with Gasteiger partial charge in [-0.15, -0.1) is 0 Å². The van der Waals surface area contributed by atoms with Crippen molar-refractivity contribution in [2.75, 3.05) is 0 Å². The number of rotatable bonds is 5. The van der Waals surface area contributed by atoms with E-state index in [1.165, 1.54) is 6.42 Å². The van der Waals surface area contributed by atoms with Gasteiger partial charge in [-0.25, -0.2) is 0 Å². The molecule has 88 valence electrons. The minimum absolute atomic E-state index is 0.175. The first-order chi connectivity index (χ1) is 6.91. The summed E-state index contributed by atoms with van der Waals surface area (Å²) in [6, 6.07) is 0.176. The van der Waals surface area contributed by atoms with Crippen molar-refractivity contribution >= 4 is 11.9 Å². The molecule has 5 nitrogen and oxygen atoms in total. The maximum Gasteiger partial charge on any atom is 0.195 e. The molecule has 1 unspecified atom stereocenters. The van der Waals surface area contributed by atoms with Crippen LogP contribution in [0.4, 0.5) is 0 Å². The number of nitrogens with one attached hydrogen (secondary N) is 2. The summed E-state index contributed by atoms with van der Waals surface area (Å²) in [5, 5.41) is 9.43. The summed E-state index contributed by atoms with van der Waals surface area (Å²) in [5.41, 5.74) is 10.6. The molecule has 0 saturated heterocycles. The number of hydrogen-bond donors (Lipinski definition) is 4. The first-order valence-electron chi connectivity index (χ1n) is 5.36. The van der Waals surface area contributed by atoms with E-state index in [9.17, 15) is 0 Å². The predicted molar refractivity (Wildman–Crippen MR) is 64.8 cm³/mol. The van der Waals surface area contributed by atoms with Crippen LogP contribution in [0.2, 0.25) is 0 Å². The molecule has 0 aliphatic rings. The van der Waals surface area contributed by atoms with Gasteiger partial charge >= 0.3 is 0 Å². The van der Waals surface area contributed by atoms with Gasteiger partial charge in [0.1, 0.15) is 0 Å². The predicted octanol–water partition coefficient (Wildman–Crippen LogP) is 0.999. The van der Waals surface area contributed by atoms with Gasteiger partial charge < -0.3 is 11.5 Å². The number of aliphatic imine (C=N–C) groups is 1. The van der Waals surface area contributed by atoms with Crippen molar-refractivity contribution in [3.05, 3.63) is 0 Å². The lowest BCUT2D eigenvalue weighted by molar-refractivity contribution is 0.511. The lowest BCUT2D eigenvalue weighted by atomic mass is 10.0. The third kappa shape index (κ3) is 9.05. The molecular weight excluding hydrogens is 190 g/mol. The minimum Gasteiger partial charge on any atom is -0.370 e. The van der Waals surface area contributed by atoms with Crippen molar-refractivity contribution in [3.63, 3.8) is 0 Å². The second-order valence-corrected chi connectivity index (χ2v) is 4.23. The van der Waals surface area contributed by atoms with Crippen LogP contribution in [-0.4, -0.2) is 18.0 Å². The Morgan fingerprint density at radius 1 is 1.27 bits per heavy atom. The molecule has 0 aliphatic carbocycles. The number of hydrogen-bond acceptors (Lipinski definition) is 2. The molecule has 0 heterocycles. The molecule has 0 aromatic rings. The highest BCUT2D eigenvalue weighted by molar-refractivity contribution is 5.95. The number of nitrogens with zero attached hydrogens (tertiary/aromatic N) is 1. The highest BCUT2D eigenvalue weighted by Gasteiger charge is 2.02. The summed E-state index contributed by atoms with van der Waals surface area (Å²) < 4.78 is 0. The Morgan fingerprint density at radius 2 is 1.87 bits per heavy atom. The van der Waals surface area contributed by atoms with Crippen LogP contribution in [0.1, 0.15) is 40.0 Å². The van der Waals surface area contributed by atoms with Gasteiger partial charge in [0.2, 0.25) is 0 Å². The second-order valence-electron chi connectivity index (χ2n) is 4.23. The highest BCUT2D eigenvalue weighted by Crippen LogP contribution is 2.09. The molecular formula is C10H23N5. The molecule has 0 amide bonds. The Morgan fingerprint density at radius 3 is 2.33 bits per heavy atom. The van der Waals surface area contributed by atoms with Crippen molar-refractivity contribution < 1.29 is 0 Å². The third-order valence-corrected chi connectivity index (χ3v) is 2.03. The van der Waals surface area contributed by atoms with Crippen LogP contribution in [0.25, 0.3) is 0 Å². The Hall–Kier alpha value is -1.26. The van der Waals surface area contributed by atoms with E-state index in [0.29, 0.717) is 0 Å². The van der Waals surface area contributed by atoms with Crippen LogP contribution in [0.5, 0.6) is 0 Å². The van der Waals surface area contributed by atoms with Gasteiger partial charge in [-0.1, -0.05) is 26.7 Å². The minimum atomic E-state index is -0.175. The van der Waals surface area contributed by atoms with E-state index in [-0.39, 0.29) is 18.0 Å². The van der Waals surface area contributed by atoms with E-state index in [4.69, 9.17) is 16.9 Å². The van der Waals surface area contributed by atoms with Crippen molar-refractivity contribution in [3.8, 4) is 0 Å². The largest absolute Gasteiger partial charge is 0.370 e. The number of guanidine groups is 2. The lowest BCUT2D eigenvalue weighted by Gasteiger charge is -2.09. The number of nitrogens with two attached hydrogens (primary N) is 2. The fraction of sp³-hybridized carbons (Fsp3) is 0.800. The Balaban J connectivity index is 3.80. The Kier molecular flexibility index (Phi) is 6.49. The zero-order valence-electron chi connectivity index (χ0n) is 9.88. The fourth-order valence-corrected chi connectivity index (χ4v) is 1.29. The monoisotopic (exact) mass is 213 g/mol. The molecule has 0 aliphatic heterocycles. The van der Waals surface area contributed by atoms with Gasteiger partial charge in [-0.2, -0.15) is 0 Å². The first-order valence-corrected chi connectivity index (χ1v) is 5.36. The molecule has 0 radical (unpaired) electrons. The zero-order valence-corrected chi connectivity index (χ0v) is 9.88. The first kappa shape index (κ1) is 13.7. The molecule has 0 spiro atoms. The van der Waals surface area contributed by atoms with Gasteiger partial charge in [-0.05, 0) is 19.3 Å². The van der Waals surface area contributed by atoms with Crippen LogP contribution in [-0.2, 0) is 0 Å². The normalized spacial score (nSPS) is 14.0. The van der Waals surface area contributed by atoms with Crippen LogP contribution in [0, 0.1) is 11.3 Å². The zero-order chi connectivity index (χ0) is 11.8. The van der Waals surface area contributed by atoms with E-state index in [2.05, 4.69) is 24.2 Å². The average Bonchev–Trinajstić information content (AvgIpc) is 2.00. The van der Waals surface area contributed by atoms with Gasteiger partial charge in [0.25, 0.3) is 0 Å². The lowest BCUT2D eigenvalue weighted by Crippen LogP contribution is -2.41. The highest BCUT2D eigenvalue weighted by atomic mass is 15.2.